The lowest BCUT2D eigenvalue weighted by Gasteiger charge is -2.25. The van der Waals surface area contributed by atoms with Crippen LogP contribution in [0.3, 0.4) is 0 Å². The van der Waals surface area contributed by atoms with Crippen molar-refractivity contribution < 1.29 is 4.79 Å². The van der Waals surface area contributed by atoms with Crippen LogP contribution < -0.4 is 5.32 Å². The summed E-state index contributed by atoms with van der Waals surface area (Å²) in [4.78, 5) is 14.6. The topological polar surface area (TPSA) is 63.1 Å². The number of benzene rings is 1. The van der Waals surface area contributed by atoms with Gasteiger partial charge in [0.15, 0.2) is 5.16 Å². The van der Waals surface area contributed by atoms with Crippen LogP contribution in [0, 0.1) is 0 Å². The first-order chi connectivity index (χ1) is 14.6. The monoisotopic (exact) mass is 427 g/mol. The first kappa shape index (κ1) is 22.6. The third-order valence-corrected chi connectivity index (χ3v) is 6.63. The Kier molecular flexibility index (Phi) is 8.51. The molecule has 0 bridgehead atoms. The van der Waals surface area contributed by atoms with Crippen molar-refractivity contribution in [2.45, 2.75) is 55.8 Å². The molecule has 0 aliphatic heterocycles. The van der Waals surface area contributed by atoms with Crippen molar-refractivity contribution in [1.82, 2.24) is 25.0 Å². The Morgan fingerprint density at radius 1 is 1.27 bits per heavy atom. The minimum absolute atomic E-state index is 0.00940. The van der Waals surface area contributed by atoms with Crippen LogP contribution in [0.2, 0.25) is 0 Å². The Balaban J connectivity index is 1.57. The molecule has 1 fully saturated rings. The summed E-state index contributed by atoms with van der Waals surface area (Å²) < 4.78 is 2.13. The highest BCUT2D eigenvalue weighted by atomic mass is 32.2. The van der Waals surface area contributed by atoms with Crippen LogP contribution in [0.4, 0.5) is 0 Å². The van der Waals surface area contributed by atoms with Crippen molar-refractivity contribution in [2.24, 2.45) is 0 Å². The zero-order valence-electron chi connectivity index (χ0n) is 18.1. The molecule has 1 aromatic carbocycles. The number of likely N-dealkylation sites (N-methyl/N-ethyl adjacent to an activating group) is 1. The van der Waals surface area contributed by atoms with Crippen molar-refractivity contribution in [3.63, 3.8) is 0 Å². The van der Waals surface area contributed by atoms with Gasteiger partial charge in [-0.2, -0.15) is 0 Å². The molecule has 162 valence electrons. The molecule has 3 rings (SSSR count). The number of hydrogen-bond acceptors (Lipinski definition) is 5. The van der Waals surface area contributed by atoms with E-state index in [9.17, 15) is 4.79 Å². The van der Waals surface area contributed by atoms with Gasteiger partial charge in [0.05, 0.1) is 11.8 Å². The fourth-order valence-corrected chi connectivity index (χ4v) is 4.82. The van der Waals surface area contributed by atoms with Gasteiger partial charge >= 0.3 is 0 Å². The molecule has 2 aromatic rings. The summed E-state index contributed by atoms with van der Waals surface area (Å²) in [5, 5.41) is 12.8. The molecule has 1 atom stereocenters. The molecule has 6 nitrogen and oxygen atoms in total. The second kappa shape index (κ2) is 11.3. The fraction of sp³-hybridized carbons (Fsp3) is 0.522. The lowest BCUT2D eigenvalue weighted by atomic mass is 9.89. The molecule has 7 heteroatoms. The van der Waals surface area contributed by atoms with Crippen LogP contribution in [-0.2, 0) is 11.3 Å². The van der Waals surface area contributed by atoms with Crippen LogP contribution in [0.25, 0.3) is 0 Å². The number of amides is 1. The predicted octanol–water partition coefficient (Wildman–Crippen LogP) is 4.02. The molecule has 0 spiro atoms. The minimum Gasteiger partial charge on any atom is -0.353 e. The third kappa shape index (κ3) is 5.95. The lowest BCUT2D eigenvalue weighted by molar-refractivity contribution is -0.118. The number of thioether (sulfide) groups is 1. The first-order valence-corrected chi connectivity index (χ1v) is 11.7. The molecule has 0 saturated heterocycles. The minimum atomic E-state index is 0.00940. The largest absolute Gasteiger partial charge is 0.353 e. The fourth-order valence-electron chi connectivity index (χ4n) is 4.04. The van der Waals surface area contributed by atoms with Gasteiger partial charge in [-0.1, -0.05) is 67.4 Å². The lowest BCUT2D eigenvalue weighted by Crippen LogP contribution is -2.35. The number of allylic oxidation sites excluding steroid dienone is 1. The van der Waals surface area contributed by atoms with E-state index in [4.69, 9.17) is 0 Å². The zero-order valence-corrected chi connectivity index (χ0v) is 18.9. The smallest absolute Gasteiger partial charge is 0.230 e. The summed E-state index contributed by atoms with van der Waals surface area (Å²) in [6, 6.07) is 10.4. The standard InChI is InChI=1S/C23H33N5OS/c1-4-15-28-22(19-13-9-6-10-14-19)25-26-23(28)30-17-21(29)24-16-20(27(2)3)18-11-7-5-8-12-18/h4-5,7-8,11-12,19-20H,1,6,9-10,13-17H2,2-3H3,(H,24,29)/t20-/m0/s1. The van der Waals surface area contributed by atoms with Crippen molar-refractivity contribution in [3.05, 3.63) is 54.4 Å². The van der Waals surface area contributed by atoms with Gasteiger partial charge in [0.2, 0.25) is 5.91 Å². The molecule has 1 aromatic heterocycles. The predicted molar refractivity (Wildman–Crippen MR) is 123 cm³/mol. The van der Waals surface area contributed by atoms with Crippen molar-refractivity contribution in [2.75, 3.05) is 26.4 Å². The Hall–Kier alpha value is -2.12. The summed E-state index contributed by atoms with van der Waals surface area (Å²) in [6.45, 7) is 5.14. The highest BCUT2D eigenvalue weighted by molar-refractivity contribution is 7.99. The summed E-state index contributed by atoms with van der Waals surface area (Å²) in [5.74, 6) is 1.86. The summed E-state index contributed by atoms with van der Waals surface area (Å²) in [5.41, 5.74) is 1.19. The van der Waals surface area contributed by atoms with E-state index >= 15 is 0 Å². The summed E-state index contributed by atoms with van der Waals surface area (Å²) in [7, 11) is 4.06. The van der Waals surface area contributed by atoms with E-state index in [1.54, 1.807) is 0 Å². The number of hydrogen-bond donors (Lipinski definition) is 1. The molecule has 1 aliphatic carbocycles. The van der Waals surface area contributed by atoms with Gasteiger partial charge in [-0.15, -0.1) is 16.8 Å². The maximum Gasteiger partial charge on any atom is 0.230 e. The van der Waals surface area contributed by atoms with Crippen LogP contribution in [0.1, 0.15) is 55.5 Å². The van der Waals surface area contributed by atoms with E-state index in [0.29, 0.717) is 24.8 Å². The molecule has 1 N–H and O–H groups in total. The highest BCUT2D eigenvalue weighted by Crippen LogP contribution is 2.33. The average molecular weight is 428 g/mol. The Morgan fingerprint density at radius 3 is 2.67 bits per heavy atom. The number of nitrogens with one attached hydrogen (secondary N) is 1. The van der Waals surface area contributed by atoms with E-state index < -0.39 is 0 Å². The Bertz CT molecular complexity index is 814. The van der Waals surface area contributed by atoms with E-state index in [2.05, 4.69) is 43.7 Å². The van der Waals surface area contributed by atoms with E-state index in [1.165, 1.54) is 49.4 Å². The number of carbonyl (C=O) groups excluding carboxylic acids is 1. The van der Waals surface area contributed by atoms with Gasteiger partial charge in [0.1, 0.15) is 5.82 Å². The van der Waals surface area contributed by atoms with E-state index in [0.717, 1.165) is 11.0 Å². The van der Waals surface area contributed by atoms with E-state index in [1.807, 2.05) is 38.4 Å². The molecule has 1 amide bonds. The highest BCUT2D eigenvalue weighted by Gasteiger charge is 2.23. The number of aromatic nitrogens is 3. The van der Waals surface area contributed by atoms with Gasteiger partial charge in [0, 0.05) is 19.0 Å². The van der Waals surface area contributed by atoms with Gasteiger partial charge in [-0.3, -0.25) is 4.79 Å². The van der Waals surface area contributed by atoms with Crippen LogP contribution in [0.15, 0.2) is 48.1 Å². The third-order valence-electron chi connectivity index (χ3n) is 5.66. The maximum atomic E-state index is 12.5. The second-order valence-electron chi connectivity index (χ2n) is 8.06. The Labute approximate surface area is 184 Å². The summed E-state index contributed by atoms with van der Waals surface area (Å²) >= 11 is 1.45. The van der Waals surface area contributed by atoms with Crippen LogP contribution in [-0.4, -0.2) is 52.0 Å². The SMILES string of the molecule is C=CCn1c(SCC(=O)NC[C@@H](c2ccccc2)N(C)C)nnc1C1CCCCC1. The molecule has 1 aliphatic rings. The molecular formula is C23H33N5OS. The van der Waals surface area contributed by atoms with Gasteiger partial charge < -0.3 is 14.8 Å². The second-order valence-corrected chi connectivity index (χ2v) is 9.00. The van der Waals surface area contributed by atoms with Crippen molar-refractivity contribution in [1.29, 1.82) is 0 Å². The first-order valence-electron chi connectivity index (χ1n) is 10.7. The molecular weight excluding hydrogens is 394 g/mol. The van der Waals surface area contributed by atoms with Gasteiger partial charge in [0.25, 0.3) is 0 Å². The van der Waals surface area contributed by atoms with Crippen LogP contribution in [0.5, 0.6) is 0 Å². The molecule has 0 radical (unpaired) electrons. The maximum absolute atomic E-state index is 12.5. The Morgan fingerprint density at radius 2 is 2.00 bits per heavy atom. The number of carbonyl (C=O) groups is 1. The van der Waals surface area contributed by atoms with Crippen molar-refractivity contribution in [3.8, 4) is 0 Å². The molecule has 0 unspecified atom stereocenters. The molecule has 1 saturated carbocycles. The number of rotatable bonds is 10. The normalized spacial score (nSPS) is 15.8. The van der Waals surface area contributed by atoms with Gasteiger partial charge in [-0.05, 0) is 32.5 Å². The van der Waals surface area contributed by atoms with Crippen LogP contribution >= 0.6 is 11.8 Å². The zero-order chi connectivity index (χ0) is 21.3. The van der Waals surface area contributed by atoms with E-state index in [-0.39, 0.29) is 11.9 Å². The summed E-state index contributed by atoms with van der Waals surface area (Å²) in [6.07, 6.45) is 8.04. The average Bonchev–Trinajstić information content (AvgIpc) is 3.16. The molecule has 1 heterocycles. The van der Waals surface area contributed by atoms with Gasteiger partial charge in [-0.25, -0.2) is 0 Å². The quantitative estimate of drug-likeness (QED) is 0.458. The number of nitrogens with zero attached hydrogens (tertiary/aromatic N) is 4. The van der Waals surface area contributed by atoms with Crippen molar-refractivity contribution >= 4 is 17.7 Å². The molecule has 30 heavy (non-hydrogen) atoms.